The van der Waals surface area contributed by atoms with E-state index in [0.717, 1.165) is 18.5 Å². The number of aryl methyl sites for hydroxylation is 2. The van der Waals surface area contributed by atoms with E-state index in [9.17, 15) is 0 Å². The molecule has 2 aromatic rings. The van der Waals surface area contributed by atoms with E-state index in [1.807, 2.05) is 6.20 Å². The maximum Gasteiger partial charge on any atom is 0.111 e. The zero-order valence-corrected chi connectivity index (χ0v) is 16.7. The van der Waals surface area contributed by atoms with Crippen LogP contribution < -0.4 is 0 Å². The van der Waals surface area contributed by atoms with E-state index in [1.165, 1.54) is 17.3 Å². The summed E-state index contributed by atoms with van der Waals surface area (Å²) in [7, 11) is 0. The molecule has 24 heavy (non-hydrogen) atoms. The molecule has 2 aromatic heterocycles. The van der Waals surface area contributed by atoms with E-state index in [4.69, 9.17) is 4.98 Å². The summed E-state index contributed by atoms with van der Waals surface area (Å²) in [5.41, 5.74) is 2.37. The van der Waals surface area contributed by atoms with Gasteiger partial charge < -0.3 is 9.13 Å². The van der Waals surface area contributed by atoms with Crippen molar-refractivity contribution >= 4 is 0 Å². The lowest BCUT2D eigenvalue weighted by Gasteiger charge is -2.22. The highest BCUT2D eigenvalue weighted by Gasteiger charge is 2.19. The van der Waals surface area contributed by atoms with Crippen molar-refractivity contribution in [3.8, 4) is 0 Å². The normalized spacial score (nSPS) is 14.6. The molecule has 0 saturated carbocycles. The molecule has 2 heterocycles. The number of imidazole rings is 2. The van der Waals surface area contributed by atoms with Crippen molar-refractivity contribution in [3.05, 3.63) is 35.4 Å². The van der Waals surface area contributed by atoms with E-state index in [-0.39, 0.29) is 0 Å². The van der Waals surface area contributed by atoms with Gasteiger partial charge in [-0.3, -0.25) is 0 Å². The lowest BCUT2D eigenvalue weighted by molar-refractivity contribution is 0.430. The molecule has 0 aliphatic heterocycles. The second kappa shape index (κ2) is 7.54. The molecule has 0 amide bonds. The first-order valence-electron chi connectivity index (χ1n) is 9.31. The first-order chi connectivity index (χ1) is 11.2. The SMILES string of the molecule is Cc1cn(C(C)CCC(C)c2ncc(C)n2C(C)C)c(C(C)C)n1. The zero-order valence-electron chi connectivity index (χ0n) is 16.7. The van der Waals surface area contributed by atoms with Crippen LogP contribution in [0.1, 0.15) is 101 Å². The van der Waals surface area contributed by atoms with Gasteiger partial charge in [-0.25, -0.2) is 9.97 Å². The van der Waals surface area contributed by atoms with Crippen molar-refractivity contribution in [3.63, 3.8) is 0 Å². The van der Waals surface area contributed by atoms with Crippen LogP contribution in [-0.4, -0.2) is 19.1 Å². The van der Waals surface area contributed by atoms with Crippen molar-refractivity contribution in [1.29, 1.82) is 0 Å². The summed E-state index contributed by atoms with van der Waals surface area (Å²) < 4.78 is 4.74. The predicted molar refractivity (Wildman–Crippen MR) is 101 cm³/mol. The van der Waals surface area contributed by atoms with Gasteiger partial charge in [-0.05, 0) is 47.5 Å². The second-order valence-corrected chi connectivity index (χ2v) is 7.85. The Morgan fingerprint density at radius 1 is 0.958 bits per heavy atom. The fraction of sp³-hybridized carbons (Fsp3) is 0.700. The summed E-state index contributed by atoms with van der Waals surface area (Å²) in [6.45, 7) is 17.7. The molecule has 134 valence electrons. The van der Waals surface area contributed by atoms with Crippen LogP contribution in [0.15, 0.2) is 12.4 Å². The average Bonchev–Trinajstić information content (AvgIpc) is 3.07. The molecule has 0 aliphatic carbocycles. The Morgan fingerprint density at radius 2 is 1.62 bits per heavy atom. The third-order valence-electron chi connectivity index (χ3n) is 4.86. The molecule has 2 unspecified atom stereocenters. The quantitative estimate of drug-likeness (QED) is 0.667. The summed E-state index contributed by atoms with van der Waals surface area (Å²) in [6, 6.07) is 0.931. The summed E-state index contributed by atoms with van der Waals surface area (Å²) in [5, 5.41) is 0. The molecule has 0 fully saturated rings. The lowest BCUT2D eigenvalue weighted by atomic mass is 10.0. The number of rotatable bonds is 7. The lowest BCUT2D eigenvalue weighted by Crippen LogP contribution is -2.13. The topological polar surface area (TPSA) is 35.6 Å². The molecule has 0 aromatic carbocycles. The van der Waals surface area contributed by atoms with Crippen molar-refractivity contribution in [1.82, 2.24) is 19.1 Å². The van der Waals surface area contributed by atoms with Crippen LogP contribution in [0.25, 0.3) is 0 Å². The van der Waals surface area contributed by atoms with Gasteiger partial charge in [0.1, 0.15) is 11.6 Å². The Labute approximate surface area is 147 Å². The van der Waals surface area contributed by atoms with Gasteiger partial charge in [-0.15, -0.1) is 0 Å². The molecule has 0 bridgehead atoms. The van der Waals surface area contributed by atoms with Crippen LogP contribution in [0.4, 0.5) is 0 Å². The van der Waals surface area contributed by atoms with Gasteiger partial charge in [0, 0.05) is 42.0 Å². The van der Waals surface area contributed by atoms with Gasteiger partial charge in [-0.1, -0.05) is 20.8 Å². The van der Waals surface area contributed by atoms with Gasteiger partial charge in [-0.2, -0.15) is 0 Å². The molecule has 0 saturated heterocycles. The van der Waals surface area contributed by atoms with Crippen molar-refractivity contribution in [2.24, 2.45) is 0 Å². The highest BCUT2D eigenvalue weighted by molar-refractivity contribution is 5.10. The standard InChI is InChI=1S/C20H34N4/c1-13(2)19-22-16(6)12-23(19)17(7)10-9-15(5)20-21-11-18(8)24(20)14(3)4/h11-15,17H,9-10H2,1-8H3. The molecule has 4 heteroatoms. The highest BCUT2D eigenvalue weighted by Crippen LogP contribution is 2.28. The highest BCUT2D eigenvalue weighted by atomic mass is 15.1. The monoisotopic (exact) mass is 330 g/mol. The Bertz CT molecular complexity index is 655. The molecule has 0 N–H and O–H groups in total. The number of nitrogens with zero attached hydrogens (tertiary/aromatic N) is 4. The average molecular weight is 331 g/mol. The van der Waals surface area contributed by atoms with E-state index in [0.29, 0.717) is 23.9 Å². The van der Waals surface area contributed by atoms with Crippen molar-refractivity contribution in [2.45, 2.75) is 92.2 Å². The van der Waals surface area contributed by atoms with Crippen LogP contribution in [0.5, 0.6) is 0 Å². The van der Waals surface area contributed by atoms with Gasteiger partial charge in [0.15, 0.2) is 0 Å². The van der Waals surface area contributed by atoms with Crippen LogP contribution in [0, 0.1) is 13.8 Å². The first-order valence-corrected chi connectivity index (χ1v) is 9.31. The van der Waals surface area contributed by atoms with E-state index in [2.05, 4.69) is 75.7 Å². The smallest absolute Gasteiger partial charge is 0.111 e. The Hall–Kier alpha value is -1.58. The summed E-state index contributed by atoms with van der Waals surface area (Å²) in [5.74, 6) is 3.35. The minimum atomic E-state index is 0.459. The van der Waals surface area contributed by atoms with E-state index < -0.39 is 0 Å². The largest absolute Gasteiger partial charge is 0.332 e. The summed E-state index contributed by atoms with van der Waals surface area (Å²) >= 11 is 0. The third-order valence-corrected chi connectivity index (χ3v) is 4.86. The zero-order chi connectivity index (χ0) is 18.0. The van der Waals surface area contributed by atoms with Crippen LogP contribution in [-0.2, 0) is 0 Å². The second-order valence-electron chi connectivity index (χ2n) is 7.85. The summed E-state index contributed by atoms with van der Waals surface area (Å²) in [4.78, 5) is 9.38. The summed E-state index contributed by atoms with van der Waals surface area (Å²) in [6.07, 6.45) is 6.48. The van der Waals surface area contributed by atoms with Gasteiger partial charge in [0.25, 0.3) is 0 Å². The van der Waals surface area contributed by atoms with Crippen molar-refractivity contribution < 1.29 is 0 Å². The molecule has 2 atom stereocenters. The molecule has 0 spiro atoms. The first kappa shape index (κ1) is 18.8. The molecular formula is C20H34N4. The number of hydrogen-bond acceptors (Lipinski definition) is 2. The number of hydrogen-bond donors (Lipinski definition) is 0. The molecule has 0 radical (unpaired) electrons. The van der Waals surface area contributed by atoms with E-state index >= 15 is 0 Å². The Balaban J connectivity index is 2.08. The van der Waals surface area contributed by atoms with Gasteiger partial charge in [0.05, 0.1) is 5.69 Å². The third kappa shape index (κ3) is 3.90. The fourth-order valence-electron chi connectivity index (χ4n) is 3.58. The van der Waals surface area contributed by atoms with Crippen LogP contribution in [0.3, 0.4) is 0 Å². The molecule has 0 aliphatic rings. The van der Waals surface area contributed by atoms with Crippen molar-refractivity contribution in [2.75, 3.05) is 0 Å². The molecule has 4 nitrogen and oxygen atoms in total. The molecular weight excluding hydrogens is 296 g/mol. The molecule has 2 rings (SSSR count). The maximum atomic E-state index is 4.70. The maximum absolute atomic E-state index is 4.70. The number of aromatic nitrogens is 4. The predicted octanol–water partition coefficient (Wildman–Crippen LogP) is 5.55. The Morgan fingerprint density at radius 3 is 2.21 bits per heavy atom. The van der Waals surface area contributed by atoms with Crippen LogP contribution >= 0.6 is 0 Å². The van der Waals surface area contributed by atoms with Gasteiger partial charge in [0.2, 0.25) is 0 Å². The Kier molecular flexibility index (Phi) is 5.89. The van der Waals surface area contributed by atoms with Crippen LogP contribution in [0.2, 0.25) is 0 Å². The minimum Gasteiger partial charge on any atom is -0.332 e. The van der Waals surface area contributed by atoms with E-state index in [1.54, 1.807) is 0 Å². The fourth-order valence-corrected chi connectivity index (χ4v) is 3.58. The minimum absolute atomic E-state index is 0.459. The van der Waals surface area contributed by atoms with Gasteiger partial charge >= 0.3 is 0 Å².